The number of carbonyl (C=O) groups excluding carboxylic acids is 1. The first-order valence-corrected chi connectivity index (χ1v) is 12.8. The first-order chi connectivity index (χ1) is 19.1. The van der Waals surface area contributed by atoms with Gasteiger partial charge >= 0.3 is 0 Å². The minimum absolute atomic E-state index is 0.161. The fourth-order valence-corrected chi connectivity index (χ4v) is 4.97. The number of hydrogen-bond acceptors (Lipinski definition) is 9. The summed E-state index contributed by atoms with van der Waals surface area (Å²) in [5.41, 5.74) is 0.964. The van der Waals surface area contributed by atoms with E-state index in [0.29, 0.717) is 73.5 Å². The van der Waals surface area contributed by atoms with Gasteiger partial charge in [-0.2, -0.15) is 0 Å². The van der Waals surface area contributed by atoms with Gasteiger partial charge in [0.05, 0.1) is 19.1 Å². The molecule has 0 unspecified atom stereocenters. The molecule has 1 saturated heterocycles. The Labute approximate surface area is 222 Å². The fraction of sp³-hybridized carbons (Fsp3) is 0.296. The van der Waals surface area contributed by atoms with Gasteiger partial charge in [0.1, 0.15) is 24.1 Å². The molecular formula is C27H27N7O5. The first kappa shape index (κ1) is 24.6. The number of aromatic nitrogens is 5. The lowest BCUT2D eigenvalue weighted by Gasteiger charge is -2.38. The summed E-state index contributed by atoms with van der Waals surface area (Å²) in [6.07, 6.45) is 3.08. The van der Waals surface area contributed by atoms with E-state index in [-0.39, 0.29) is 11.5 Å². The molecule has 1 N–H and O–H groups in total. The van der Waals surface area contributed by atoms with E-state index in [4.69, 9.17) is 13.6 Å². The van der Waals surface area contributed by atoms with Gasteiger partial charge in [-0.25, -0.2) is 4.68 Å². The van der Waals surface area contributed by atoms with Crippen molar-refractivity contribution in [1.29, 1.82) is 0 Å². The number of piperazine rings is 1. The highest BCUT2D eigenvalue weighted by atomic mass is 16.5. The molecule has 0 spiro atoms. The molecule has 12 heteroatoms. The fourth-order valence-electron chi connectivity index (χ4n) is 4.97. The van der Waals surface area contributed by atoms with Crippen LogP contribution in [-0.2, 0) is 6.54 Å². The lowest BCUT2D eigenvalue weighted by molar-refractivity contribution is 0.0558. The molecule has 12 nitrogen and oxygen atoms in total. The Morgan fingerprint density at radius 3 is 2.64 bits per heavy atom. The maximum absolute atomic E-state index is 13.5. The number of fused-ring (bicyclic) bond motifs is 1. The van der Waals surface area contributed by atoms with E-state index in [0.717, 1.165) is 5.39 Å². The van der Waals surface area contributed by atoms with Gasteiger partial charge in [0, 0.05) is 42.6 Å². The molecule has 1 aliphatic rings. The van der Waals surface area contributed by atoms with Crippen LogP contribution in [0.2, 0.25) is 0 Å². The summed E-state index contributed by atoms with van der Waals surface area (Å²) in [6.45, 7) is 4.68. The van der Waals surface area contributed by atoms with Crippen LogP contribution in [0.1, 0.15) is 40.7 Å². The number of pyridine rings is 1. The average molecular weight is 530 g/mol. The highest BCUT2D eigenvalue weighted by Gasteiger charge is 2.34. The van der Waals surface area contributed by atoms with Gasteiger partial charge in [0.2, 0.25) is 0 Å². The molecule has 1 aromatic carbocycles. The predicted octanol–water partition coefficient (Wildman–Crippen LogP) is 2.70. The molecule has 5 heterocycles. The second kappa shape index (κ2) is 10.6. The van der Waals surface area contributed by atoms with E-state index in [1.54, 1.807) is 34.0 Å². The topological polar surface area (TPSA) is 136 Å². The van der Waals surface area contributed by atoms with E-state index >= 15 is 0 Å². The van der Waals surface area contributed by atoms with Gasteiger partial charge in [-0.1, -0.05) is 0 Å². The number of rotatable bonds is 8. The predicted molar refractivity (Wildman–Crippen MR) is 139 cm³/mol. The highest BCUT2D eigenvalue weighted by molar-refractivity contribution is 5.91. The van der Waals surface area contributed by atoms with Gasteiger partial charge in [-0.3, -0.25) is 14.5 Å². The zero-order valence-electron chi connectivity index (χ0n) is 21.3. The number of H-pyrrole nitrogens is 1. The van der Waals surface area contributed by atoms with Crippen molar-refractivity contribution in [2.24, 2.45) is 0 Å². The molecule has 6 rings (SSSR count). The Morgan fingerprint density at radius 2 is 1.90 bits per heavy atom. The Balaban J connectivity index is 1.37. The SMILES string of the molecule is CCOc1ccc2[nH]c(=O)c([C@H](c3nnnn3Cc3ccco3)N3CCN(C(=O)c4ccco4)CC3)cc2c1. The number of amides is 1. The third kappa shape index (κ3) is 4.93. The van der Waals surface area contributed by atoms with Crippen molar-refractivity contribution >= 4 is 16.8 Å². The van der Waals surface area contributed by atoms with Crippen molar-refractivity contribution in [3.05, 3.63) is 94.3 Å². The van der Waals surface area contributed by atoms with Crippen molar-refractivity contribution in [1.82, 2.24) is 35.0 Å². The molecule has 0 aliphatic carbocycles. The van der Waals surface area contributed by atoms with E-state index < -0.39 is 6.04 Å². The molecule has 39 heavy (non-hydrogen) atoms. The molecule has 1 atom stereocenters. The number of nitrogens with zero attached hydrogens (tertiary/aromatic N) is 6. The molecule has 0 saturated carbocycles. The van der Waals surface area contributed by atoms with Crippen LogP contribution in [0.4, 0.5) is 0 Å². The average Bonchev–Trinajstić information content (AvgIpc) is 3.74. The van der Waals surface area contributed by atoms with Gasteiger partial charge < -0.3 is 23.5 Å². The van der Waals surface area contributed by atoms with Gasteiger partial charge in [-0.05, 0) is 65.9 Å². The number of aromatic amines is 1. The molecule has 200 valence electrons. The Hall–Kier alpha value is -4.71. The van der Waals surface area contributed by atoms with Crippen LogP contribution < -0.4 is 10.3 Å². The first-order valence-electron chi connectivity index (χ1n) is 12.8. The molecule has 1 fully saturated rings. The van der Waals surface area contributed by atoms with Crippen molar-refractivity contribution < 1.29 is 18.4 Å². The Morgan fingerprint density at radius 1 is 1.08 bits per heavy atom. The summed E-state index contributed by atoms with van der Waals surface area (Å²) in [6, 6.07) is 13.9. The summed E-state index contributed by atoms with van der Waals surface area (Å²) >= 11 is 0. The monoisotopic (exact) mass is 529 g/mol. The molecule has 4 aromatic heterocycles. The summed E-state index contributed by atoms with van der Waals surface area (Å²) in [5, 5.41) is 13.3. The zero-order chi connectivity index (χ0) is 26.8. The maximum Gasteiger partial charge on any atom is 0.289 e. The Bertz CT molecular complexity index is 1620. The molecule has 0 bridgehead atoms. The van der Waals surface area contributed by atoms with Crippen LogP contribution in [0, 0.1) is 0 Å². The number of ether oxygens (including phenoxy) is 1. The third-order valence-corrected chi connectivity index (χ3v) is 6.84. The number of furan rings is 2. The van der Waals surface area contributed by atoms with E-state index in [9.17, 15) is 9.59 Å². The molecule has 5 aromatic rings. The largest absolute Gasteiger partial charge is 0.494 e. The van der Waals surface area contributed by atoms with Crippen molar-refractivity contribution in [3.8, 4) is 5.75 Å². The number of tetrazole rings is 1. The van der Waals surface area contributed by atoms with Crippen molar-refractivity contribution in [2.75, 3.05) is 32.8 Å². The number of nitrogens with one attached hydrogen (secondary N) is 1. The van der Waals surface area contributed by atoms with E-state index in [2.05, 4.69) is 25.4 Å². The Kier molecular flexibility index (Phi) is 6.68. The maximum atomic E-state index is 13.5. The second-order valence-corrected chi connectivity index (χ2v) is 9.22. The summed E-state index contributed by atoms with van der Waals surface area (Å²) < 4.78 is 18.1. The molecule has 1 amide bonds. The van der Waals surface area contributed by atoms with Crippen LogP contribution in [0.25, 0.3) is 10.9 Å². The van der Waals surface area contributed by atoms with Gasteiger partial charge in [-0.15, -0.1) is 5.10 Å². The zero-order valence-corrected chi connectivity index (χ0v) is 21.3. The minimum Gasteiger partial charge on any atom is -0.494 e. The van der Waals surface area contributed by atoms with Crippen LogP contribution in [0.5, 0.6) is 5.75 Å². The highest BCUT2D eigenvalue weighted by Crippen LogP contribution is 2.29. The lowest BCUT2D eigenvalue weighted by atomic mass is 10.0. The van der Waals surface area contributed by atoms with Gasteiger partial charge in [0.15, 0.2) is 11.6 Å². The molecular weight excluding hydrogens is 502 g/mol. The number of hydrogen-bond donors (Lipinski definition) is 1. The summed E-state index contributed by atoms with van der Waals surface area (Å²) in [4.78, 5) is 33.2. The standard InChI is InChI=1S/C27H27N7O5/c1-2-37-19-7-8-22-18(15-19)16-21(26(35)28-22)24(25-29-30-31-34(25)17-20-5-3-13-38-20)32-9-11-33(12-10-32)27(36)23-6-4-14-39-23/h3-8,13-16,24H,2,9-12,17H2,1H3,(H,28,35)/t24-/m1/s1. The minimum atomic E-state index is -0.570. The van der Waals surface area contributed by atoms with Crippen molar-refractivity contribution in [3.63, 3.8) is 0 Å². The second-order valence-electron chi connectivity index (χ2n) is 9.22. The normalized spacial score (nSPS) is 15.1. The summed E-state index contributed by atoms with van der Waals surface area (Å²) in [5.74, 6) is 2.05. The van der Waals surface area contributed by atoms with Gasteiger partial charge in [0.25, 0.3) is 11.5 Å². The quantitative estimate of drug-likeness (QED) is 0.322. The summed E-state index contributed by atoms with van der Waals surface area (Å²) in [7, 11) is 0. The van der Waals surface area contributed by atoms with Crippen LogP contribution in [0.3, 0.4) is 0 Å². The van der Waals surface area contributed by atoms with Crippen LogP contribution in [-0.4, -0.2) is 73.7 Å². The number of carbonyl (C=O) groups is 1. The van der Waals surface area contributed by atoms with Crippen molar-refractivity contribution in [2.45, 2.75) is 19.5 Å². The molecule has 1 aliphatic heterocycles. The van der Waals surface area contributed by atoms with E-state index in [1.165, 1.54) is 6.26 Å². The van der Waals surface area contributed by atoms with Crippen LogP contribution in [0.15, 0.2) is 74.7 Å². The molecule has 0 radical (unpaired) electrons. The smallest absolute Gasteiger partial charge is 0.289 e. The van der Waals surface area contributed by atoms with E-state index in [1.807, 2.05) is 37.3 Å². The lowest BCUT2D eigenvalue weighted by Crippen LogP contribution is -2.50. The van der Waals surface area contributed by atoms with Crippen LogP contribution >= 0.6 is 0 Å². The third-order valence-electron chi connectivity index (χ3n) is 6.84. The number of benzene rings is 1.